The number of likely N-dealkylation sites (N-methyl/N-ethyl adjacent to an activating group) is 1. The maximum absolute atomic E-state index is 12.8. The highest BCUT2D eigenvalue weighted by molar-refractivity contribution is 5.98. The summed E-state index contributed by atoms with van der Waals surface area (Å²) in [5.74, 6) is 0.894. The quantitative estimate of drug-likeness (QED) is 0.843. The van der Waals surface area contributed by atoms with Gasteiger partial charge < -0.3 is 19.3 Å². The molecular formula is C16H22N2O4. The summed E-state index contributed by atoms with van der Waals surface area (Å²) in [5, 5.41) is 0. The summed E-state index contributed by atoms with van der Waals surface area (Å²) in [5.41, 5.74) is 0.467. The summed E-state index contributed by atoms with van der Waals surface area (Å²) < 4.78 is 10.4. The molecule has 1 aliphatic rings. The van der Waals surface area contributed by atoms with Crippen LogP contribution in [0.25, 0.3) is 0 Å². The van der Waals surface area contributed by atoms with Gasteiger partial charge in [-0.3, -0.25) is 9.59 Å². The van der Waals surface area contributed by atoms with E-state index in [0.29, 0.717) is 30.0 Å². The monoisotopic (exact) mass is 306 g/mol. The van der Waals surface area contributed by atoms with Crippen molar-refractivity contribution >= 4 is 11.8 Å². The average molecular weight is 306 g/mol. The van der Waals surface area contributed by atoms with Crippen LogP contribution >= 0.6 is 0 Å². The molecule has 1 aromatic rings. The lowest BCUT2D eigenvalue weighted by Crippen LogP contribution is -2.45. The summed E-state index contributed by atoms with van der Waals surface area (Å²) in [6.07, 6.45) is 1.53. The number of rotatable bonds is 4. The predicted molar refractivity (Wildman–Crippen MR) is 82.3 cm³/mol. The van der Waals surface area contributed by atoms with Gasteiger partial charge in [-0.05, 0) is 25.0 Å². The molecule has 6 heteroatoms. The van der Waals surface area contributed by atoms with Crippen molar-refractivity contribution in [2.75, 3.05) is 34.9 Å². The van der Waals surface area contributed by atoms with Crippen LogP contribution in [-0.2, 0) is 4.79 Å². The van der Waals surface area contributed by atoms with Crippen LogP contribution in [0.2, 0.25) is 0 Å². The van der Waals surface area contributed by atoms with Crippen molar-refractivity contribution in [1.82, 2.24) is 9.80 Å². The molecule has 0 saturated carbocycles. The fraction of sp³-hybridized carbons (Fsp3) is 0.500. The van der Waals surface area contributed by atoms with E-state index in [1.807, 2.05) is 0 Å². The molecule has 22 heavy (non-hydrogen) atoms. The number of carbonyl (C=O) groups excluding carboxylic acids is 2. The van der Waals surface area contributed by atoms with Gasteiger partial charge in [0.05, 0.1) is 14.2 Å². The molecule has 1 fully saturated rings. The van der Waals surface area contributed by atoms with Gasteiger partial charge in [0.2, 0.25) is 5.91 Å². The Bertz CT molecular complexity index is 549. The van der Waals surface area contributed by atoms with E-state index < -0.39 is 0 Å². The number of amides is 2. The Kier molecular flexibility index (Phi) is 4.90. The summed E-state index contributed by atoms with van der Waals surface area (Å²) in [6.45, 7) is 0.586. The van der Waals surface area contributed by atoms with E-state index in [1.165, 1.54) is 19.1 Å². The van der Waals surface area contributed by atoms with E-state index in [-0.39, 0.29) is 17.9 Å². The normalized spacial score (nSPS) is 17.3. The fourth-order valence-electron chi connectivity index (χ4n) is 2.66. The Morgan fingerprint density at radius 2 is 1.73 bits per heavy atom. The lowest BCUT2D eigenvalue weighted by Gasteiger charge is -2.26. The first-order chi connectivity index (χ1) is 10.5. The zero-order valence-corrected chi connectivity index (χ0v) is 13.5. The summed E-state index contributed by atoms with van der Waals surface area (Å²) >= 11 is 0. The van der Waals surface area contributed by atoms with Crippen molar-refractivity contribution in [1.29, 1.82) is 0 Å². The topological polar surface area (TPSA) is 59.1 Å². The highest BCUT2D eigenvalue weighted by Crippen LogP contribution is 2.26. The van der Waals surface area contributed by atoms with E-state index in [1.54, 1.807) is 37.2 Å². The number of likely N-dealkylation sites (tertiary alicyclic amines) is 1. The minimum absolute atomic E-state index is 0.0410. The average Bonchev–Trinajstić information content (AvgIpc) is 3.01. The number of nitrogens with zero attached hydrogens (tertiary/aromatic N) is 2. The number of hydrogen-bond donors (Lipinski definition) is 0. The first-order valence-electron chi connectivity index (χ1n) is 7.23. The molecule has 0 aromatic heterocycles. The van der Waals surface area contributed by atoms with Crippen LogP contribution in [-0.4, -0.2) is 62.5 Å². The van der Waals surface area contributed by atoms with Crippen LogP contribution in [0.3, 0.4) is 0 Å². The van der Waals surface area contributed by atoms with Gasteiger partial charge in [-0.1, -0.05) is 0 Å². The third kappa shape index (κ3) is 3.16. The van der Waals surface area contributed by atoms with Gasteiger partial charge in [0.1, 0.15) is 17.5 Å². The number of ether oxygens (including phenoxy) is 2. The van der Waals surface area contributed by atoms with Crippen LogP contribution in [0.4, 0.5) is 0 Å². The Morgan fingerprint density at radius 1 is 1.14 bits per heavy atom. The second-order valence-corrected chi connectivity index (χ2v) is 5.49. The highest BCUT2D eigenvalue weighted by atomic mass is 16.5. The first-order valence-corrected chi connectivity index (χ1v) is 7.23. The van der Waals surface area contributed by atoms with E-state index in [4.69, 9.17) is 9.47 Å². The fourth-order valence-corrected chi connectivity index (χ4v) is 2.66. The minimum Gasteiger partial charge on any atom is -0.497 e. The molecule has 1 unspecified atom stereocenters. The Balaban J connectivity index is 2.28. The van der Waals surface area contributed by atoms with Gasteiger partial charge in [0.15, 0.2) is 0 Å². The molecule has 1 saturated heterocycles. The Hall–Kier alpha value is -2.24. The minimum atomic E-state index is -0.389. The van der Waals surface area contributed by atoms with Gasteiger partial charge >= 0.3 is 0 Å². The van der Waals surface area contributed by atoms with E-state index in [9.17, 15) is 9.59 Å². The molecule has 0 N–H and O–H groups in total. The second-order valence-electron chi connectivity index (χ2n) is 5.49. The summed E-state index contributed by atoms with van der Waals surface area (Å²) in [4.78, 5) is 28.2. The van der Waals surface area contributed by atoms with Gasteiger partial charge in [-0.2, -0.15) is 0 Å². The van der Waals surface area contributed by atoms with Crippen molar-refractivity contribution in [3.63, 3.8) is 0 Å². The molecular weight excluding hydrogens is 284 g/mol. The summed E-state index contributed by atoms with van der Waals surface area (Å²) in [7, 11) is 6.49. The molecule has 2 rings (SSSR count). The Morgan fingerprint density at radius 3 is 2.23 bits per heavy atom. The van der Waals surface area contributed by atoms with E-state index >= 15 is 0 Å². The SMILES string of the molecule is COc1cc(OC)cc(C(=O)N2CCCC2C(=O)N(C)C)c1. The number of carbonyl (C=O) groups is 2. The molecule has 0 bridgehead atoms. The number of methoxy groups -OCH3 is 2. The maximum atomic E-state index is 12.8. The van der Waals surface area contributed by atoms with Crippen LogP contribution in [0.15, 0.2) is 18.2 Å². The van der Waals surface area contributed by atoms with E-state index in [0.717, 1.165) is 6.42 Å². The molecule has 1 aliphatic heterocycles. The molecule has 120 valence electrons. The van der Waals surface area contributed by atoms with Gasteiger partial charge in [-0.15, -0.1) is 0 Å². The largest absolute Gasteiger partial charge is 0.497 e. The first kappa shape index (κ1) is 16.1. The third-order valence-corrected chi connectivity index (χ3v) is 3.84. The van der Waals surface area contributed by atoms with Crippen molar-refractivity contribution in [3.8, 4) is 11.5 Å². The molecule has 1 atom stereocenters. The van der Waals surface area contributed by atoms with Crippen LogP contribution in [0.1, 0.15) is 23.2 Å². The van der Waals surface area contributed by atoms with Gasteiger partial charge in [-0.25, -0.2) is 0 Å². The molecule has 2 amide bonds. The zero-order valence-electron chi connectivity index (χ0n) is 13.5. The Labute approximate surface area is 130 Å². The van der Waals surface area contributed by atoms with Crippen molar-refractivity contribution in [2.24, 2.45) is 0 Å². The van der Waals surface area contributed by atoms with Crippen LogP contribution in [0.5, 0.6) is 11.5 Å². The molecule has 0 spiro atoms. The van der Waals surface area contributed by atoms with Crippen molar-refractivity contribution < 1.29 is 19.1 Å². The lowest BCUT2D eigenvalue weighted by atomic mass is 10.1. The second kappa shape index (κ2) is 6.68. The predicted octanol–water partition coefficient (Wildman–Crippen LogP) is 1.40. The standard InChI is InChI=1S/C16H22N2O4/c1-17(2)16(20)14-6-5-7-18(14)15(19)11-8-12(21-3)10-13(9-11)22-4/h8-10,14H,5-7H2,1-4H3. The van der Waals surface area contributed by atoms with Crippen LogP contribution < -0.4 is 9.47 Å². The molecule has 6 nitrogen and oxygen atoms in total. The highest BCUT2D eigenvalue weighted by Gasteiger charge is 2.35. The maximum Gasteiger partial charge on any atom is 0.254 e. The van der Waals surface area contributed by atoms with Gasteiger partial charge in [0, 0.05) is 32.3 Å². The van der Waals surface area contributed by atoms with E-state index in [2.05, 4.69) is 0 Å². The molecule has 1 aromatic carbocycles. The lowest BCUT2D eigenvalue weighted by molar-refractivity contribution is -0.132. The summed E-state index contributed by atoms with van der Waals surface area (Å²) in [6, 6.07) is 4.66. The number of hydrogen-bond acceptors (Lipinski definition) is 4. The van der Waals surface area contributed by atoms with Crippen molar-refractivity contribution in [3.05, 3.63) is 23.8 Å². The smallest absolute Gasteiger partial charge is 0.254 e. The van der Waals surface area contributed by atoms with Crippen molar-refractivity contribution in [2.45, 2.75) is 18.9 Å². The number of benzene rings is 1. The third-order valence-electron chi connectivity index (χ3n) is 3.84. The molecule has 1 heterocycles. The molecule has 0 aliphatic carbocycles. The van der Waals surface area contributed by atoms with Gasteiger partial charge in [0.25, 0.3) is 5.91 Å². The van der Waals surface area contributed by atoms with Crippen LogP contribution in [0, 0.1) is 0 Å². The molecule has 0 radical (unpaired) electrons. The zero-order chi connectivity index (χ0) is 16.3.